The Labute approximate surface area is 137 Å². The maximum atomic E-state index is 13.3. The summed E-state index contributed by atoms with van der Waals surface area (Å²) in [5, 5.41) is 4.03. The van der Waals surface area contributed by atoms with Gasteiger partial charge in [-0.2, -0.15) is 0 Å². The summed E-state index contributed by atoms with van der Waals surface area (Å²) in [5.74, 6) is 0.407. The van der Waals surface area contributed by atoms with Crippen LogP contribution in [0.2, 0.25) is 5.02 Å². The van der Waals surface area contributed by atoms with Crippen LogP contribution < -0.4 is 10.1 Å². The Morgan fingerprint density at radius 1 is 1.29 bits per heavy atom. The summed E-state index contributed by atoms with van der Waals surface area (Å²) >= 11 is 9.30. The van der Waals surface area contributed by atoms with E-state index in [0.717, 1.165) is 16.8 Å². The molecule has 1 unspecified atom stereocenters. The maximum absolute atomic E-state index is 13.3. The molecule has 2 aromatic carbocycles. The number of hydrogen-bond donors (Lipinski definition) is 1. The molecule has 0 amide bonds. The van der Waals surface area contributed by atoms with E-state index in [9.17, 15) is 4.39 Å². The molecule has 1 atom stereocenters. The Kier molecular flexibility index (Phi) is 5.12. The molecule has 0 aliphatic carbocycles. The molecule has 0 aromatic heterocycles. The number of anilines is 1. The summed E-state index contributed by atoms with van der Waals surface area (Å²) in [5.41, 5.74) is 2.79. The first-order valence-electron chi connectivity index (χ1n) is 6.48. The zero-order chi connectivity index (χ0) is 15.6. The molecule has 112 valence electrons. The van der Waals surface area contributed by atoms with E-state index in [0.29, 0.717) is 15.2 Å². The molecule has 0 spiro atoms. The summed E-state index contributed by atoms with van der Waals surface area (Å²) in [6, 6.07) is 8.69. The molecule has 2 rings (SSSR count). The maximum Gasteiger partial charge on any atom is 0.143 e. The molecule has 0 fully saturated rings. The number of nitrogens with one attached hydrogen (secondary N) is 1. The predicted octanol–water partition coefficient (Wildman–Crippen LogP) is 5.73. The van der Waals surface area contributed by atoms with Crippen molar-refractivity contribution in [1.29, 1.82) is 0 Å². The second-order valence-corrected chi connectivity index (χ2v) is 6.10. The van der Waals surface area contributed by atoms with E-state index in [4.69, 9.17) is 16.3 Å². The highest BCUT2D eigenvalue weighted by Gasteiger charge is 2.12. The van der Waals surface area contributed by atoms with E-state index >= 15 is 0 Å². The Morgan fingerprint density at radius 2 is 2.00 bits per heavy atom. The van der Waals surface area contributed by atoms with Crippen LogP contribution in [-0.2, 0) is 0 Å². The largest absolute Gasteiger partial charge is 0.495 e. The average molecular weight is 373 g/mol. The summed E-state index contributed by atoms with van der Waals surface area (Å²) in [6.45, 7) is 3.94. The van der Waals surface area contributed by atoms with Gasteiger partial charge in [-0.05, 0) is 59.1 Å². The van der Waals surface area contributed by atoms with Gasteiger partial charge in [0.2, 0.25) is 0 Å². The normalized spacial score (nSPS) is 12.1. The monoisotopic (exact) mass is 371 g/mol. The van der Waals surface area contributed by atoms with E-state index in [2.05, 4.69) is 21.2 Å². The molecule has 1 N–H and O–H groups in total. The van der Waals surface area contributed by atoms with Gasteiger partial charge >= 0.3 is 0 Å². The van der Waals surface area contributed by atoms with Crippen molar-refractivity contribution >= 4 is 33.2 Å². The lowest BCUT2D eigenvalue weighted by atomic mass is 10.1. The van der Waals surface area contributed by atoms with Gasteiger partial charge in [-0.1, -0.05) is 17.7 Å². The Hall–Kier alpha value is -1.26. The molecule has 0 saturated heterocycles. The molecule has 0 heterocycles. The van der Waals surface area contributed by atoms with Crippen LogP contribution in [0.4, 0.5) is 10.1 Å². The minimum Gasteiger partial charge on any atom is -0.495 e. The average Bonchev–Trinajstić information content (AvgIpc) is 2.45. The van der Waals surface area contributed by atoms with E-state index in [1.54, 1.807) is 25.3 Å². The van der Waals surface area contributed by atoms with Crippen LogP contribution >= 0.6 is 27.5 Å². The van der Waals surface area contributed by atoms with Crippen molar-refractivity contribution in [2.24, 2.45) is 0 Å². The number of benzene rings is 2. The van der Waals surface area contributed by atoms with E-state index < -0.39 is 0 Å². The van der Waals surface area contributed by atoms with Crippen LogP contribution in [0, 0.1) is 12.7 Å². The van der Waals surface area contributed by atoms with Crippen LogP contribution in [0.25, 0.3) is 0 Å². The van der Waals surface area contributed by atoms with E-state index in [1.807, 2.05) is 19.9 Å². The van der Waals surface area contributed by atoms with Gasteiger partial charge in [-0.3, -0.25) is 0 Å². The highest BCUT2D eigenvalue weighted by molar-refractivity contribution is 9.10. The van der Waals surface area contributed by atoms with Gasteiger partial charge in [-0.15, -0.1) is 0 Å². The first-order valence-corrected chi connectivity index (χ1v) is 7.65. The van der Waals surface area contributed by atoms with E-state index in [1.165, 1.54) is 6.07 Å². The number of aryl methyl sites for hydroxylation is 1. The van der Waals surface area contributed by atoms with Gasteiger partial charge in [0.05, 0.1) is 17.3 Å². The second-order valence-electron chi connectivity index (χ2n) is 4.84. The SMILES string of the molecule is COc1cc(Cl)c(C)cc1NC(C)c1ccc(F)c(Br)c1. The third-order valence-corrected chi connectivity index (χ3v) is 4.31. The Balaban J connectivity index is 2.28. The van der Waals surface area contributed by atoms with Crippen LogP contribution in [0.1, 0.15) is 24.1 Å². The molecule has 2 nitrogen and oxygen atoms in total. The Morgan fingerprint density at radius 3 is 2.62 bits per heavy atom. The molecule has 21 heavy (non-hydrogen) atoms. The third-order valence-electron chi connectivity index (χ3n) is 3.30. The van der Waals surface area contributed by atoms with Crippen LogP contribution in [0.15, 0.2) is 34.8 Å². The number of methoxy groups -OCH3 is 1. The number of hydrogen-bond acceptors (Lipinski definition) is 2. The zero-order valence-corrected chi connectivity index (χ0v) is 14.3. The van der Waals surface area contributed by atoms with Crippen molar-refractivity contribution in [3.05, 3.63) is 56.8 Å². The highest BCUT2D eigenvalue weighted by Crippen LogP contribution is 2.33. The molecular formula is C16H16BrClFNO. The summed E-state index contributed by atoms with van der Waals surface area (Å²) in [6.07, 6.45) is 0. The van der Waals surface area contributed by atoms with Crippen LogP contribution in [0.5, 0.6) is 5.75 Å². The van der Waals surface area contributed by atoms with Gasteiger partial charge in [0, 0.05) is 17.1 Å². The standard InChI is InChI=1S/C16H16BrClFNO/c1-9-6-15(16(21-3)8-13(9)18)20-10(2)11-4-5-14(19)12(17)7-11/h4-8,10,20H,1-3H3. The van der Waals surface area contributed by atoms with Crippen LogP contribution in [-0.4, -0.2) is 7.11 Å². The first kappa shape index (κ1) is 16.1. The number of rotatable bonds is 4. The van der Waals surface area contributed by atoms with Crippen molar-refractivity contribution in [3.63, 3.8) is 0 Å². The molecule has 0 aliphatic rings. The van der Waals surface area contributed by atoms with Gasteiger partial charge < -0.3 is 10.1 Å². The topological polar surface area (TPSA) is 21.3 Å². The molecule has 0 radical (unpaired) electrons. The van der Waals surface area contributed by atoms with Gasteiger partial charge in [0.25, 0.3) is 0 Å². The number of halogens is 3. The lowest BCUT2D eigenvalue weighted by Crippen LogP contribution is -2.08. The molecule has 0 aliphatic heterocycles. The molecule has 5 heteroatoms. The van der Waals surface area contributed by atoms with Crippen molar-refractivity contribution in [3.8, 4) is 5.75 Å². The fraction of sp³-hybridized carbons (Fsp3) is 0.250. The lowest BCUT2D eigenvalue weighted by Gasteiger charge is -2.19. The van der Waals surface area contributed by atoms with Gasteiger partial charge in [-0.25, -0.2) is 4.39 Å². The minimum absolute atomic E-state index is 0.00336. The Bertz CT molecular complexity index is 663. The second kappa shape index (κ2) is 6.67. The van der Waals surface area contributed by atoms with Gasteiger partial charge in [0.15, 0.2) is 0 Å². The number of ether oxygens (including phenoxy) is 1. The predicted molar refractivity (Wildman–Crippen MR) is 88.9 cm³/mol. The molecule has 0 bridgehead atoms. The van der Waals surface area contributed by atoms with Gasteiger partial charge in [0.1, 0.15) is 11.6 Å². The molecule has 0 saturated carbocycles. The smallest absolute Gasteiger partial charge is 0.143 e. The third kappa shape index (κ3) is 3.69. The zero-order valence-electron chi connectivity index (χ0n) is 12.0. The summed E-state index contributed by atoms with van der Waals surface area (Å²) < 4.78 is 19.1. The first-order chi connectivity index (χ1) is 9.92. The fourth-order valence-electron chi connectivity index (χ4n) is 2.04. The lowest BCUT2D eigenvalue weighted by molar-refractivity contribution is 0.416. The summed E-state index contributed by atoms with van der Waals surface area (Å²) in [7, 11) is 1.60. The molecule has 2 aromatic rings. The van der Waals surface area contributed by atoms with Crippen molar-refractivity contribution < 1.29 is 9.13 Å². The van der Waals surface area contributed by atoms with Crippen molar-refractivity contribution in [1.82, 2.24) is 0 Å². The summed E-state index contributed by atoms with van der Waals surface area (Å²) in [4.78, 5) is 0. The highest BCUT2D eigenvalue weighted by atomic mass is 79.9. The molecular weight excluding hydrogens is 357 g/mol. The van der Waals surface area contributed by atoms with Crippen LogP contribution in [0.3, 0.4) is 0 Å². The van der Waals surface area contributed by atoms with Crippen molar-refractivity contribution in [2.75, 3.05) is 12.4 Å². The fourth-order valence-corrected chi connectivity index (χ4v) is 2.59. The van der Waals surface area contributed by atoms with E-state index in [-0.39, 0.29) is 11.9 Å². The minimum atomic E-state index is -0.272. The van der Waals surface area contributed by atoms with Crippen molar-refractivity contribution in [2.45, 2.75) is 19.9 Å². The quantitative estimate of drug-likeness (QED) is 0.740.